The SMILES string of the molecule is CC(=O)Cc1ccc(/C=C/C(=O)O)cc1Br. The molecule has 0 saturated heterocycles. The second-order valence-electron chi connectivity index (χ2n) is 3.40. The van der Waals surface area contributed by atoms with Crippen LogP contribution in [0, 0.1) is 0 Å². The number of carboxylic acid groups (broad SMARTS) is 1. The molecule has 1 rings (SSSR count). The van der Waals surface area contributed by atoms with Gasteiger partial charge in [-0.15, -0.1) is 0 Å². The maximum Gasteiger partial charge on any atom is 0.328 e. The molecule has 0 heterocycles. The zero-order valence-electron chi connectivity index (χ0n) is 8.74. The van der Waals surface area contributed by atoms with Gasteiger partial charge in [-0.05, 0) is 30.2 Å². The molecule has 0 fully saturated rings. The molecule has 0 spiro atoms. The minimum absolute atomic E-state index is 0.0922. The fourth-order valence-electron chi connectivity index (χ4n) is 1.25. The van der Waals surface area contributed by atoms with Crippen molar-refractivity contribution in [1.82, 2.24) is 0 Å². The molecule has 0 radical (unpaired) electrons. The number of hydrogen-bond donors (Lipinski definition) is 1. The summed E-state index contributed by atoms with van der Waals surface area (Å²) in [7, 11) is 0. The average Bonchev–Trinajstić information content (AvgIpc) is 2.18. The Hall–Kier alpha value is -1.42. The maximum absolute atomic E-state index is 11.0. The van der Waals surface area contributed by atoms with E-state index in [1.807, 2.05) is 6.07 Å². The Morgan fingerprint density at radius 3 is 2.62 bits per heavy atom. The van der Waals surface area contributed by atoms with Crippen molar-refractivity contribution < 1.29 is 14.7 Å². The number of Topliss-reactive ketones (excluding diaryl/α,β-unsaturated/α-hetero) is 1. The van der Waals surface area contributed by atoms with Crippen molar-refractivity contribution >= 4 is 33.8 Å². The molecule has 3 nitrogen and oxygen atoms in total. The number of carbonyl (C=O) groups excluding carboxylic acids is 1. The molecule has 84 valence electrons. The van der Waals surface area contributed by atoms with E-state index in [9.17, 15) is 9.59 Å². The molecule has 4 heteroatoms. The van der Waals surface area contributed by atoms with Crippen LogP contribution < -0.4 is 0 Å². The molecule has 0 aliphatic carbocycles. The lowest BCUT2D eigenvalue weighted by atomic mass is 10.1. The minimum atomic E-state index is -0.982. The zero-order chi connectivity index (χ0) is 12.1. The summed E-state index contributed by atoms with van der Waals surface area (Å²) in [5.41, 5.74) is 1.68. The number of ketones is 1. The molecule has 0 amide bonds. The Labute approximate surface area is 102 Å². The quantitative estimate of drug-likeness (QED) is 0.864. The lowest BCUT2D eigenvalue weighted by molar-refractivity contribution is -0.131. The Kier molecular flexibility index (Phi) is 4.43. The van der Waals surface area contributed by atoms with Crippen molar-refractivity contribution in [2.45, 2.75) is 13.3 Å². The zero-order valence-corrected chi connectivity index (χ0v) is 10.3. The Bertz CT molecular complexity index is 450. The van der Waals surface area contributed by atoms with E-state index < -0.39 is 5.97 Å². The highest BCUT2D eigenvalue weighted by Gasteiger charge is 2.03. The molecule has 0 aromatic heterocycles. The summed E-state index contributed by atoms with van der Waals surface area (Å²) in [5, 5.41) is 8.47. The Morgan fingerprint density at radius 2 is 2.12 bits per heavy atom. The first kappa shape index (κ1) is 12.6. The normalized spacial score (nSPS) is 10.6. The van der Waals surface area contributed by atoms with E-state index in [1.54, 1.807) is 12.1 Å². The van der Waals surface area contributed by atoms with Gasteiger partial charge in [-0.2, -0.15) is 0 Å². The van der Waals surface area contributed by atoms with Crippen LogP contribution in [0.3, 0.4) is 0 Å². The first-order chi connectivity index (χ1) is 7.49. The Morgan fingerprint density at radius 1 is 1.44 bits per heavy atom. The van der Waals surface area contributed by atoms with Crippen molar-refractivity contribution in [2.24, 2.45) is 0 Å². The number of halogens is 1. The van der Waals surface area contributed by atoms with E-state index >= 15 is 0 Å². The van der Waals surface area contributed by atoms with Gasteiger partial charge in [0.2, 0.25) is 0 Å². The van der Waals surface area contributed by atoms with Gasteiger partial charge in [0, 0.05) is 17.0 Å². The van der Waals surface area contributed by atoms with Crippen molar-refractivity contribution in [3.8, 4) is 0 Å². The van der Waals surface area contributed by atoms with E-state index in [2.05, 4.69) is 15.9 Å². The highest BCUT2D eigenvalue weighted by atomic mass is 79.9. The Balaban J connectivity index is 2.90. The van der Waals surface area contributed by atoms with Crippen molar-refractivity contribution in [3.63, 3.8) is 0 Å². The van der Waals surface area contributed by atoms with E-state index in [1.165, 1.54) is 13.0 Å². The van der Waals surface area contributed by atoms with E-state index in [0.29, 0.717) is 6.42 Å². The molecule has 0 bridgehead atoms. The van der Waals surface area contributed by atoms with Crippen molar-refractivity contribution in [1.29, 1.82) is 0 Å². The number of carbonyl (C=O) groups is 2. The highest BCUT2D eigenvalue weighted by Crippen LogP contribution is 2.20. The van der Waals surface area contributed by atoms with Gasteiger partial charge in [0.25, 0.3) is 0 Å². The van der Waals surface area contributed by atoms with Crippen LogP contribution in [0.1, 0.15) is 18.1 Å². The van der Waals surface area contributed by atoms with Gasteiger partial charge in [-0.3, -0.25) is 4.79 Å². The van der Waals surface area contributed by atoms with Gasteiger partial charge in [0.15, 0.2) is 0 Å². The van der Waals surface area contributed by atoms with Gasteiger partial charge in [0.05, 0.1) is 0 Å². The summed E-state index contributed by atoms with van der Waals surface area (Å²) in [6.45, 7) is 1.53. The third kappa shape index (κ3) is 3.98. The smallest absolute Gasteiger partial charge is 0.328 e. The van der Waals surface area contributed by atoms with Gasteiger partial charge < -0.3 is 5.11 Å². The summed E-state index contributed by atoms with van der Waals surface area (Å²) in [6, 6.07) is 5.38. The number of rotatable bonds is 4. The fourth-order valence-corrected chi connectivity index (χ4v) is 1.78. The molecule has 0 aliphatic rings. The molecule has 0 aliphatic heterocycles. The molecular formula is C12H11BrO3. The number of carboxylic acids is 1. The maximum atomic E-state index is 11.0. The summed E-state index contributed by atoms with van der Waals surface area (Å²) >= 11 is 3.35. The predicted octanol–water partition coefficient (Wildman–Crippen LogP) is 2.68. The number of benzene rings is 1. The van der Waals surface area contributed by atoms with Crippen LogP contribution in [0.25, 0.3) is 6.08 Å². The topological polar surface area (TPSA) is 54.4 Å². The minimum Gasteiger partial charge on any atom is -0.478 e. The van der Waals surface area contributed by atoms with Crippen LogP contribution in [0.5, 0.6) is 0 Å². The van der Waals surface area contributed by atoms with Gasteiger partial charge in [-0.1, -0.05) is 28.1 Å². The summed E-state index contributed by atoms with van der Waals surface area (Å²) in [5.74, 6) is -0.890. The van der Waals surface area contributed by atoms with E-state index in [-0.39, 0.29) is 5.78 Å². The standard InChI is InChI=1S/C12H11BrO3/c1-8(14)6-10-4-2-9(7-11(10)13)3-5-12(15)16/h2-5,7H,6H2,1H3,(H,15,16)/b5-3+. The van der Waals surface area contributed by atoms with Crippen LogP contribution >= 0.6 is 15.9 Å². The molecular weight excluding hydrogens is 272 g/mol. The predicted molar refractivity (Wildman–Crippen MR) is 65.2 cm³/mol. The fraction of sp³-hybridized carbons (Fsp3) is 0.167. The lowest BCUT2D eigenvalue weighted by Gasteiger charge is -2.03. The highest BCUT2D eigenvalue weighted by molar-refractivity contribution is 9.10. The molecule has 0 saturated carbocycles. The van der Waals surface area contributed by atoms with Crippen LogP contribution in [-0.4, -0.2) is 16.9 Å². The van der Waals surface area contributed by atoms with Crippen LogP contribution in [0.4, 0.5) is 0 Å². The molecule has 0 unspecified atom stereocenters. The van der Waals surface area contributed by atoms with Crippen molar-refractivity contribution in [2.75, 3.05) is 0 Å². The largest absolute Gasteiger partial charge is 0.478 e. The molecule has 1 aromatic rings. The van der Waals surface area contributed by atoms with Crippen LogP contribution in [-0.2, 0) is 16.0 Å². The van der Waals surface area contributed by atoms with Crippen molar-refractivity contribution in [3.05, 3.63) is 39.9 Å². The second-order valence-corrected chi connectivity index (χ2v) is 4.26. The summed E-state index contributed by atoms with van der Waals surface area (Å²) < 4.78 is 0.815. The molecule has 1 aromatic carbocycles. The first-order valence-electron chi connectivity index (χ1n) is 4.68. The number of hydrogen-bond acceptors (Lipinski definition) is 2. The van der Waals surface area contributed by atoms with Gasteiger partial charge >= 0.3 is 5.97 Å². The first-order valence-corrected chi connectivity index (χ1v) is 5.47. The van der Waals surface area contributed by atoms with Crippen LogP contribution in [0.2, 0.25) is 0 Å². The average molecular weight is 283 g/mol. The lowest BCUT2D eigenvalue weighted by Crippen LogP contribution is -1.97. The van der Waals surface area contributed by atoms with E-state index in [4.69, 9.17) is 5.11 Å². The second kappa shape index (κ2) is 5.61. The molecule has 1 N–H and O–H groups in total. The number of aliphatic carboxylic acids is 1. The van der Waals surface area contributed by atoms with E-state index in [0.717, 1.165) is 21.7 Å². The van der Waals surface area contributed by atoms with Crippen LogP contribution in [0.15, 0.2) is 28.7 Å². The summed E-state index contributed by atoms with van der Waals surface area (Å²) in [4.78, 5) is 21.3. The van der Waals surface area contributed by atoms with Gasteiger partial charge in [0.1, 0.15) is 5.78 Å². The molecule has 0 atom stereocenters. The third-order valence-electron chi connectivity index (χ3n) is 1.93. The summed E-state index contributed by atoms with van der Waals surface area (Å²) in [6.07, 6.45) is 2.96. The third-order valence-corrected chi connectivity index (χ3v) is 2.67. The molecule has 16 heavy (non-hydrogen) atoms. The van der Waals surface area contributed by atoms with Gasteiger partial charge in [-0.25, -0.2) is 4.79 Å². The monoisotopic (exact) mass is 282 g/mol.